The lowest BCUT2D eigenvalue weighted by atomic mass is 10.2. The maximum Gasteiger partial charge on any atom is 0.338 e. The molecule has 11 heteroatoms. The van der Waals surface area contributed by atoms with Crippen molar-refractivity contribution < 1.29 is 37.2 Å². The third-order valence-electron chi connectivity index (χ3n) is 3.54. The molecule has 1 N–H and O–H groups in total. The molecule has 0 aromatic heterocycles. The van der Waals surface area contributed by atoms with E-state index in [1.807, 2.05) is 5.32 Å². The Balaban J connectivity index is 2.21. The molecule has 148 valence electrons. The number of anilines is 1. The van der Waals surface area contributed by atoms with Crippen molar-refractivity contribution in [2.75, 3.05) is 12.4 Å². The minimum atomic E-state index is -1.76. The minimum absolute atomic E-state index is 0.109. The molecule has 2 aromatic carbocycles. The summed E-state index contributed by atoms with van der Waals surface area (Å²) in [5.74, 6) is -6.92. The second kappa shape index (κ2) is 8.37. The van der Waals surface area contributed by atoms with Crippen LogP contribution in [0.2, 0.25) is 0 Å². The van der Waals surface area contributed by atoms with Gasteiger partial charge in [0.15, 0.2) is 29.3 Å². The SMILES string of the molecule is COC(=O)c1ccc(O[C@H](C)C(=O)Nc2ccc(F)c(F)c2F)c([N+](=O)[O-])c1. The summed E-state index contributed by atoms with van der Waals surface area (Å²) in [7, 11) is 1.10. The predicted molar refractivity (Wildman–Crippen MR) is 89.5 cm³/mol. The molecular formula is C17H13F3N2O6. The van der Waals surface area contributed by atoms with Crippen molar-refractivity contribution in [2.45, 2.75) is 13.0 Å². The van der Waals surface area contributed by atoms with Crippen molar-refractivity contribution in [1.82, 2.24) is 0 Å². The van der Waals surface area contributed by atoms with Crippen molar-refractivity contribution in [2.24, 2.45) is 0 Å². The number of hydrogen-bond donors (Lipinski definition) is 1. The second-order valence-electron chi connectivity index (χ2n) is 5.40. The normalized spacial score (nSPS) is 11.5. The van der Waals surface area contributed by atoms with Crippen LogP contribution in [0.25, 0.3) is 0 Å². The molecule has 0 aliphatic heterocycles. The standard InChI is InChI=1S/C17H13F3N2O6/c1-8(16(23)21-11-5-4-10(18)14(19)15(11)20)28-13-6-3-9(17(24)27-2)7-12(13)22(25)26/h3-8H,1-2H3,(H,21,23)/t8-/m1/s1. The molecule has 2 rings (SSSR count). The zero-order valence-corrected chi connectivity index (χ0v) is 14.5. The zero-order valence-electron chi connectivity index (χ0n) is 14.5. The third-order valence-corrected chi connectivity index (χ3v) is 3.54. The first kappa shape index (κ1) is 20.7. The molecule has 0 saturated carbocycles. The van der Waals surface area contributed by atoms with Gasteiger partial charge in [0.2, 0.25) is 0 Å². The topological polar surface area (TPSA) is 108 Å². The van der Waals surface area contributed by atoms with E-state index < -0.39 is 51.7 Å². The van der Waals surface area contributed by atoms with Gasteiger partial charge in [-0.1, -0.05) is 0 Å². The lowest BCUT2D eigenvalue weighted by molar-refractivity contribution is -0.386. The number of halogens is 3. The number of ether oxygens (including phenoxy) is 2. The van der Waals surface area contributed by atoms with Crippen molar-refractivity contribution in [3.8, 4) is 5.75 Å². The minimum Gasteiger partial charge on any atom is -0.474 e. The van der Waals surface area contributed by atoms with Crippen molar-refractivity contribution in [1.29, 1.82) is 0 Å². The van der Waals surface area contributed by atoms with E-state index in [9.17, 15) is 32.9 Å². The number of nitro benzene ring substituents is 1. The number of carbonyl (C=O) groups excluding carboxylic acids is 2. The van der Waals surface area contributed by atoms with Gasteiger partial charge in [-0.25, -0.2) is 18.0 Å². The summed E-state index contributed by atoms with van der Waals surface area (Å²) >= 11 is 0. The summed E-state index contributed by atoms with van der Waals surface area (Å²) in [5.41, 5.74) is -1.35. The molecule has 0 radical (unpaired) electrons. The Morgan fingerprint density at radius 2 is 1.82 bits per heavy atom. The van der Waals surface area contributed by atoms with Crippen LogP contribution >= 0.6 is 0 Å². The van der Waals surface area contributed by atoms with Crippen LogP contribution in [-0.4, -0.2) is 30.0 Å². The fourth-order valence-corrected chi connectivity index (χ4v) is 2.11. The Morgan fingerprint density at radius 3 is 2.43 bits per heavy atom. The highest BCUT2D eigenvalue weighted by Crippen LogP contribution is 2.29. The molecule has 2 aromatic rings. The molecule has 8 nitrogen and oxygen atoms in total. The molecule has 1 amide bonds. The molecule has 0 aliphatic carbocycles. The van der Waals surface area contributed by atoms with E-state index in [4.69, 9.17) is 4.74 Å². The lowest BCUT2D eigenvalue weighted by Gasteiger charge is -2.15. The number of carbonyl (C=O) groups is 2. The van der Waals surface area contributed by atoms with Crippen molar-refractivity contribution >= 4 is 23.3 Å². The number of benzene rings is 2. The van der Waals surface area contributed by atoms with E-state index >= 15 is 0 Å². The van der Waals surface area contributed by atoms with E-state index in [0.29, 0.717) is 6.07 Å². The molecular weight excluding hydrogens is 385 g/mol. The highest BCUT2D eigenvalue weighted by Gasteiger charge is 2.24. The van der Waals surface area contributed by atoms with E-state index in [2.05, 4.69) is 4.74 Å². The van der Waals surface area contributed by atoms with Gasteiger partial charge >= 0.3 is 11.7 Å². The zero-order chi connectivity index (χ0) is 21.0. The van der Waals surface area contributed by atoms with Crippen LogP contribution in [0.5, 0.6) is 5.75 Å². The van der Waals surface area contributed by atoms with Gasteiger partial charge in [-0.3, -0.25) is 14.9 Å². The number of esters is 1. The van der Waals surface area contributed by atoms with Crippen LogP contribution in [-0.2, 0) is 9.53 Å². The van der Waals surface area contributed by atoms with Gasteiger partial charge in [0.25, 0.3) is 5.91 Å². The number of amides is 1. The first-order valence-electron chi connectivity index (χ1n) is 7.63. The average molecular weight is 398 g/mol. The smallest absolute Gasteiger partial charge is 0.338 e. The molecule has 28 heavy (non-hydrogen) atoms. The summed E-state index contributed by atoms with van der Waals surface area (Å²) in [6, 6.07) is 4.61. The van der Waals surface area contributed by atoms with Gasteiger partial charge in [-0.05, 0) is 31.2 Å². The Kier molecular flexibility index (Phi) is 6.18. The molecule has 0 heterocycles. The Hall–Kier alpha value is -3.63. The summed E-state index contributed by atoms with van der Waals surface area (Å²) in [6.45, 7) is 1.20. The third kappa shape index (κ3) is 4.37. The van der Waals surface area contributed by atoms with Gasteiger partial charge < -0.3 is 14.8 Å². The van der Waals surface area contributed by atoms with Crippen LogP contribution in [0, 0.1) is 27.6 Å². The van der Waals surface area contributed by atoms with E-state index in [1.54, 1.807) is 0 Å². The summed E-state index contributed by atoms with van der Waals surface area (Å²) in [4.78, 5) is 33.9. The summed E-state index contributed by atoms with van der Waals surface area (Å²) in [5, 5.41) is 13.2. The molecule has 0 spiro atoms. The van der Waals surface area contributed by atoms with Crippen LogP contribution in [0.3, 0.4) is 0 Å². The Bertz CT molecular complexity index is 951. The first-order chi connectivity index (χ1) is 13.1. The lowest BCUT2D eigenvalue weighted by Crippen LogP contribution is -2.30. The van der Waals surface area contributed by atoms with Crippen LogP contribution < -0.4 is 10.1 Å². The largest absolute Gasteiger partial charge is 0.474 e. The number of nitro groups is 1. The van der Waals surface area contributed by atoms with E-state index in [0.717, 1.165) is 25.3 Å². The number of rotatable bonds is 6. The molecule has 0 bridgehead atoms. The second-order valence-corrected chi connectivity index (χ2v) is 5.40. The number of nitrogens with one attached hydrogen (secondary N) is 1. The first-order valence-corrected chi connectivity index (χ1v) is 7.63. The van der Waals surface area contributed by atoms with Crippen molar-refractivity contribution in [3.05, 3.63) is 63.5 Å². The molecule has 0 unspecified atom stereocenters. The molecule has 0 fully saturated rings. The highest BCUT2D eigenvalue weighted by molar-refractivity contribution is 5.94. The highest BCUT2D eigenvalue weighted by atomic mass is 19.2. The number of hydrogen-bond acceptors (Lipinski definition) is 6. The number of methoxy groups -OCH3 is 1. The molecule has 0 saturated heterocycles. The van der Waals surface area contributed by atoms with Crippen molar-refractivity contribution in [3.63, 3.8) is 0 Å². The predicted octanol–water partition coefficient (Wildman–Crippen LogP) is 3.20. The maximum atomic E-state index is 13.6. The van der Waals surface area contributed by atoms with Gasteiger partial charge in [0, 0.05) is 6.07 Å². The van der Waals surface area contributed by atoms with Crippen LogP contribution in [0.1, 0.15) is 17.3 Å². The number of nitrogens with zero attached hydrogens (tertiary/aromatic N) is 1. The quantitative estimate of drug-likeness (QED) is 0.347. The van der Waals surface area contributed by atoms with Gasteiger partial charge in [0.1, 0.15) is 0 Å². The molecule has 0 aliphatic rings. The van der Waals surface area contributed by atoms with Crippen LogP contribution in [0.4, 0.5) is 24.5 Å². The van der Waals surface area contributed by atoms with E-state index in [-0.39, 0.29) is 11.3 Å². The Labute approximate surface area is 156 Å². The fourth-order valence-electron chi connectivity index (χ4n) is 2.11. The maximum absolute atomic E-state index is 13.6. The van der Waals surface area contributed by atoms with Crippen LogP contribution in [0.15, 0.2) is 30.3 Å². The van der Waals surface area contributed by atoms with Gasteiger partial charge in [-0.15, -0.1) is 0 Å². The Morgan fingerprint density at radius 1 is 1.14 bits per heavy atom. The average Bonchev–Trinajstić information content (AvgIpc) is 2.67. The van der Waals surface area contributed by atoms with Gasteiger partial charge in [-0.2, -0.15) is 0 Å². The van der Waals surface area contributed by atoms with Gasteiger partial charge in [0.05, 0.1) is 23.3 Å². The van der Waals surface area contributed by atoms with E-state index in [1.165, 1.54) is 13.0 Å². The molecule has 1 atom stereocenters. The summed E-state index contributed by atoms with van der Waals surface area (Å²) < 4.78 is 49.5. The summed E-state index contributed by atoms with van der Waals surface area (Å²) in [6.07, 6.45) is -1.38. The monoisotopic (exact) mass is 398 g/mol. The fraction of sp³-hybridized carbons (Fsp3) is 0.176.